The van der Waals surface area contributed by atoms with E-state index in [9.17, 15) is 0 Å². The van der Waals surface area contributed by atoms with Crippen molar-refractivity contribution in [2.24, 2.45) is 23.1 Å². The molecule has 1 atom stereocenters. The van der Waals surface area contributed by atoms with Gasteiger partial charge in [-0.15, -0.1) is 0 Å². The van der Waals surface area contributed by atoms with E-state index < -0.39 is 0 Å². The van der Waals surface area contributed by atoms with Crippen LogP contribution >= 0.6 is 0 Å². The van der Waals surface area contributed by atoms with Crippen LogP contribution in [0.25, 0.3) is 0 Å². The topological polar surface area (TPSA) is 78.1 Å². The molecule has 0 heterocycles. The smallest absolute Gasteiger partial charge is 0.0389 e. The molecule has 0 aromatic heterocycles. The summed E-state index contributed by atoms with van der Waals surface area (Å²) in [6.45, 7) is 6.86. The Kier molecular flexibility index (Phi) is 44.2. The number of hydrogen-bond donors (Lipinski definition) is 3. The highest BCUT2D eigenvalue weighted by molar-refractivity contribution is 4.20. The molecular formula is C9H29N3. The first-order valence-corrected chi connectivity index (χ1v) is 3.94. The SMILES string of the molecule is CN.[1H]C(C)CN.[2H]CN.[3H]CC(C)C. The average molecular weight is 182 g/mol. The maximum Gasteiger partial charge on any atom is 0.0389 e. The predicted molar refractivity (Wildman–Crippen MR) is 60.1 cm³/mol. The van der Waals surface area contributed by atoms with Crippen LogP contribution in [0.3, 0.4) is 0 Å². The van der Waals surface area contributed by atoms with Crippen LogP contribution in [0.5, 0.6) is 0 Å². The highest BCUT2D eigenvalue weighted by Gasteiger charge is 1.68. The van der Waals surface area contributed by atoms with Gasteiger partial charge in [0.1, 0.15) is 0 Å². The van der Waals surface area contributed by atoms with Crippen molar-refractivity contribution < 1.29 is 4.11 Å². The lowest BCUT2D eigenvalue weighted by Crippen LogP contribution is -1.93. The highest BCUT2D eigenvalue weighted by Crippen LogP contribution is 1.81. The summed E-state index contributed by atoms with van der Waals surface area (Å²) in [6, 6.07) is 0. The molecular weight excluding hydrogens is 150 g/mol. The van der Waals surface area contributed by atoms with E-state index in [1.807, 2.05) is 13.8 Å². The van der Waals surface area contributed by atoms with Crippen molar-refractivity contribution in [1.29, 1.82) is 0 Å². The molecule has 0 aliphatic heterocycles. The Labute approximate surface area is 82.9 Å². The van der Waals surface area contributed by atoms with Gasteiger partial charge < -0.3 is 17.2 Å². The van der Waals surface area contributed by atoms with Gasteiger partial charge in [0, 0.05) is 4.11 Å². The standard InChI is InChI=1S/C4H10.C3H9N.2CH5N/c1-4(2)3;1-2-3-4;2*1-2/h4H,1-3H3;2-4H2,1H3;2*2H2,1H3/i1T;2H;1D;. The van der Waals surface area contributed by atoms with Crippen LogP contribution < -0.4 is 17.2 Å². The Hall–Kier alpha value is -0.120. The molecule has 0 spiro atoms. The van der Waals surface area contributed by atoms with Gasteiger partial charge in [0.25, 0.3) is 0 Å². The molecule has 6 N–H and O–H groups in total. The molecule has 0 rings (SSSR count). The van der Waals surface area contributed by atoms with Crippen molar-refractivity contribution in [3.63, 3.8) is 0 Å². The second kappa shape index (κ2) is 44.6. The van der Waals surface area contributed by atoms with Crippen LogP contribution in [0.2, 0.25) is 0 Å². The summed E-state index contributed by atoms with van der Waals surface area (Å²) in [4.78, 5) is 0. The second-order valence-electron chi connectivity index (χ2n) is 2.04. The fraction of sp³-hybridized carbons (Fsp3) is 1.00. The molecule has 0 radical (unpaired) electrons. The quantitative estimate of drug-likeness (QED) is 0.569. The van der Waals surface area contributed by atoms with Gasteiger partial charge in [-0.05, 0) is 32.9 Å². The van der Waals surface area contributed by atoms with Gasteiger partial charge >= 0.3 is 0 Å². The van der Waals surface area contributed by atoms with Gasteiger partial charge in [-0.2, -0.15) is 0 Å². The van der Waals surface area contributed by atoms with E-state index in [1.54, 1.807) is 6.92 Å². The minimum absolute atomic E-state index is 0. The molecule has 0 saturated heterocycles. The van der Waals surface area contributed by atoms with E-state index in [1.165, 1.54) is 7.05 Å². The Morgan fingerprint density at radius 3 is 1.75 bits per heavy atom. The summed E-state index contributed by atoms with van der Waals surface area (Å²) in [5, 5.41) is 0. The molecule has 1 unspecified atom stereocenters. The van der Waals surface area contributed by atoms with Crippen LogP contribution in [-0.2, 0) is 0 Å². The van der Waals surface area contributed by atoms with E-state index >= 15 is 0 Å². The molecule has 0 aliphatic carbocycles. The minimum Gasteiger partial charge on any atom is -0.333 e. The lowest BCUT2D eigenvalue weighted by molar-refractivity contribution is 0.737. The largest absolute Gasteiger partial charge is 0.333 e. The summed E-state index contributed by atoms with van der Waals surface area (Å²) in [5.74, 6) is 0.551. The van der Waals surface area contributed by atoms with Crippen molar-refractivity contribution in [2.45, 2.75) is 34.1 Å². The monoisotopic (exact) mass is 182 g/mol. The third kappa shape index (κ3) is 1010. The van der Waals surface area contributed by atoms with Crippen LogP contribution in [-0.4, -0.2) is 20.6 Å². The van der Waals surface area contributed by atoms with Crippen molar-refractivity contribution in [3.05, 3.63) is 0 Å². The normalized spacial score (nSPS) is 12.5. The first-order chi connectivity index (χ1) is 6.95. The van der Waals surface area contributed by atoms with E-state index in [4.69, 9.17) is 9.85 Å². The maximum atomic E-state index is 6.70. The molecule has 0 fully saturated rings. The third-order valence-corrected chi connectivity index (χ3v) is 0.236. The summed E-state index contributed by atoms with van der Waals surface area (Å²) < 4.78 is 19.3. The number of hydrogen-bond acceptors (Lipinski definition) is 3. The van der Waals surface area contributed by atoms with Crippen molar-refractivity contribution in [3.8, 4) is 0 Å². The first-order valence-electron chi connectivity index (χ1n) is 5.93. The van der Waals surface area contributed by atoms with Gasteiger partial charge in [-0.3, -0.25) is 0 Å². The molecule has 0 aromatic rings. The van der Waals surface area contributed by atoms with Gasteiger partial charge in [0.05, 0.1) is 0 Å². The molecule has 12 heavy (non-hydrogen) atoms. The van der Waals surface area contributed by atoms with Crippen LogP contribution in [0, 0.1) is 5.92 Å². The summed E-state index contributed by atoms with van der Waals surface area (Å²) in [5.41, 5.74) is 14.0. The Bertz CT molecular complexity index is 65.6. The molecule has 0 bridgehead atoms. The van der Waals surface area contributed by atoms with E-state index in [0.29, 0.717) is 19.4 Å². The van der Waals surface area contributed by atoms with Crippen molar-refractivity contribution in [2.75, 3.05) is 20.6 Å². The van der Waals surface area contributed by atoms with Gasteiger partial charge in [0.15, 0.2) is 0 Å². The van der Waals surface area contributed by atoms with E-state index in [-0.39, 0.29) is 13.4 Å². The van der Waals surface area contributed by atoms with E-state index in [2.05, 4.69) is 11.5 Å². The lowest BCUT2D eigenvalue weighted by atomic mass is 10.3. The minimum atomic E-state index is -0.0880. The van der Waals surface area contributed by atoms with E-state index in [0.717, 1.165) is 0 Å². The number of rotatable bonds is 1. The van der Waals surface area contributed by atoms with Gasteiger partial charge in [-0.25, -0.2) is 0 Å². The van der Waals surface area contributed by atoms with Crippen LogP contribution in [0.1, 0.15) is 38.2 Å². The predicted octanol–water partition coefficient (Wildman–Crippen LogP) is 1.17. The van der Waals surface area contributed by atoms with Crippen LogP contribution in [0.4, 0.5) is 0 Å². The van der Waals surface area contributed by atoms with Crippen molar-refractivity contribution in [1.82, 2.24) is 0 Å². The average Bonchev–Trinajstić information content (AvgIpc) is 2.22. The zero-order valence-electron chi connectivity index (χ0n) is 12.0. The Morgan fingerprint density at radius 2 is 1.75 bits per heavy atom. The van der Waals surface area contributed by atoms with Crippen molar-refractivity contribution >= 4 is 0 Å². The third-order valence-electron chi connectivity index (χ3n) is 0.236. The maximum absolute atomic E-state index is 6.70. The fourth-order valence-electron chi connectivity index (χ4n) is 0. The molecule has 3 heteroatoms. The summed E-state index contributed by atoms with van der Waals surface area (Å²) in [7, 11) is 1.50. The molecule has 0 saturated carbocycles. The lowest BCUT2D eigenvalue weighted by Gasteiger charge is -1.79. The van der Waals surface area contributed by atoms with Gasteiger partial charge in [0.2, 0.25) is 0 Å². The molecule has 3 nitrogen and oxygen atoms in total. The fourth-order valence-corrected chi connectivity index (χ4v) is 0. The van der Waals surface area contributed by atoms with Gasteiger partial charge in [-0.1, -0.05) is 27.7 Å². The highest BCUT2D eigenvalue weighted by atomic mass is 14.5. The molecule has 0 aliphatic rings. The summed E-state index contributed by atoms with van der Waals surface area (Å²) in [6.07, 6.45) is -0.0880. The zero-order valence-corrected chi connectivity index (χ0v) is 9.01. The van der Waals surface area contributed by atoms with Crippen LogP contribution in [0.15, 0.2) is 0 Å². The Balaban J connectivity index is -0.0000000574. The Morgan fingerprint density at radius 1 is 1.58 bits per heavy atom. The molecule has 0 amide bonds. The summed E-state index contributed by atoms with van der Waals surface area (Å²) >= 11 is 0. The molecule has 80 valence electrons. The second-order valence-corrected chi connectivity index (χ2v) is 2.04. The zero-order chi connectivity index (χ0) is 13.3. The molecule has 0 aromatic carbocycles. The number of nitrogens with two attached hydrogens (primary N) is 3. The first kappa shape index (κ1) is 11.9.